The van der Waals surface area contributed by atoms with E-state index in [0.29, 0.717) is 16.4 Å². The van der Waals surface area contributed by atoms with Crippen molar-refractivity contribution in [1.82, 2.24) is 4.98 Å². The normalized spacial score (nSPS) is 21.6. The van der Waals surface area contributed by atoms with Gasteiger partial charge in [-0.3, -0.25) is 9.78 Å². The molecular weight excluding hydrogens is 310 g/mol. The predicted octanol–water partition coefficient (Wildman–Crippen LogP) is 4.16. The number of carbonyl (C=O) groups is 1. The fourth-order valence-corrected chi connectivity index (χ4v) is 3.04. The maximum absolute atomic E-state index is 12.4. The van der Waals surface area contributed by atoms with E-state index in [-0.39, 0.29) is 17.9 Å². The molecule has 1 aliphatic rings. The summed E-state index contributed by atoms with van der Waals surface area (Å²) >= 11 is 6.06. The van der Waals surface area contributed by atoms with E-state index in [2.05, 4.69) is 10.3 Å². The Morgan fingerprint density at radius 3 is 2.96 bits per heavy atom. The molecule has 2 bridgehead atoms. The van der Waals surface area contributed by atoms with Gasteiger partial charge in [0.25, 0.3) is 0 Å². The third-order valence-electron chi connectivity index (χ3n) is 4.30. The highest BCUT2D eigenvalue weighted by Gasteiger charge is 2.19. The summed E-state index contributed by atoms with van der Waals surface area (Å²) in [7, 11) is 0. The molecule has 2 aromatic rings. The Balaban J connectivity index is 2.12. The molecule has 0 spiro atoms. The summed E-state index contributed by atoms with van der Waals surface area (Å²) in [5, 5.41) is 3.47. The Kier molecular flexibility index (Phi) is 4.64. The van der Waals surface area contributed by atoms with E-state index in [0.717, 1.165) is 30.4 Å². The zero-order valence-electron chi connectivity index (χ0n) is 13.1. The number of nitrogens with two attached hydrogens (primary N) is 1. The van der Waals surface area contributed by atoms with Crippen LogP contribution < -0.4 is 11.1 Å². The molecule has 1 amide bonds. The topological polar surface area (TPSA) is 68.0 Å². The van der Waals surface area contributed by atoms with Crippen LogP contribution in [0.15, 0.2) is 36.5 Å². The predicted molar refractivity (Wildman–Crippen MR) is 93.3 cm³/mol. The first-order valence-corrected chi connectivity index (χ1v) is 8.24. The van der Waals surface area contributed by atoms with Crippen LogP contribution in [0.2, 0.25) is 5.02 Å². The molecule has 0 fully saturated rings. The summed E-state index contributed by atoms with van der Waals surface area (Å²) in [5.41, 5.74) is 9.67. The number of pyridine rings is 1. The quantitative estimate of drug-likeness (QED) is 0.762. The second kappa shape index (κ2) is 6.69. The van der Waals surface area contributed by atoms with E-state index >= 15 is 0 Å². The third-order valence-corrected chi connectivity index (χ3v) is 4.51. The molecule has 1 aliphatic heterocycles. The second-order valence-corrected chi connectivity index (χ2v) is 6.54. The Hall–Kier alpha value is -1.91. The van der Waals surface area contributed by atoms with Gasteiger partial charge in [0, 0.05) is 23.7 Å². The van der Waals surface area contributed by atoms with Crippen LogP contribution in [-0.2, 0) is 4.79 Å². The lowest BCUT2D eigenvalue weighted by atomic mass is 9.94. The minimum absolute atomic E-state index is 0.0133. The minimum Gasteiger partial charge on any atom is -0.324 e. The van der Waals surface area contributed by atoms with Crippen molar-refractivity contribution in [3.63, 3.8) is 0 Å². The monoisotopic (exact) mass is 329 g/mol. The fraction of sp³-hybridized carbons (Fsp3) is 0.333. The molecule has 3 N–H and O–H groups in total. The molecule has 120 valence electrons. The summed E-state index contributed by atoms with van der Waals surface area (Å²) in [6.07, 6.45) is 4.18. The maximum Gasteiger partial charge on any atom is 0.227 e. The van der Waals surface area contributed by atoms with Crippen LogP contribution in [0.4, 0.5) is 5.69 Å². The average molecular weight is 330 g/mol. The number of nitrogens with zero attached hydrogens (tertiary/aromatic N) is 1. The van der Waals surface area contributed by atoms with Crippen LogP contribution in [0.25, 0.3) is 11.3 Å². The molecule has 0 aliphatic carbocycles. The average Bonchev–Trinajstić information content (AvgIpc) is 2.54. The van der Waals surface area contributed by atoms with Crippen LogP contribution >= 0.6 is 11.6 Å². The number of hydrogen-bond donors (Lipinski definition) is 2. The van der Waals surface area contributed by atoms with Crippen LogP contribution in [0.5, 0.6) is 0 Å². The largest absolute Gasteiger partial charge is 0.324 e. The molecule has 1 aromatic heterocycles. The fourth-order valence-electron chi connectivity index (χ4n) is 2.88. The number of aromatic nitrogens is 1. The first kappa shape index (κ1) is 16.0. The number of anilines is 1. The molecule has 23 heavy (non-hydrogen) atoms. The zero-order valence-corrected chi connectivity index (χ0v) is 13.8. The van der Waals surface area contributed by atoms with Gasteiger partial charge in [-0.25, -0.2) is 0 Å². The van der Waals surface area contributed by atoms with Gasteiger partial charge in [0.2, 0.25) is 5.91 Å². The molecule has 0 radical (unpaired) electrons. The Labute approximate surface area is 141 Å². The lowest BCUT2D eigenvalue weighted by molar-refractivity contribution is -0.119. The number of hydrogen-bond acceptors (Lipinski definition) is 3. The molecular formula is C18H20ClN3O. The van der Waals surface area contributed by atoms with Crippen LogP contribution in [0, 0.1) is 5.92 Å². The van der Waals surface area contributed by atoms with Gasteiger partial charge in [0.15, 0.2) is 0 Å². The molecule has 0 unspecified atom stereocenters. The minimum atomic E-state index is -0.0770. The van der Waals surface area contributed by atoms with Crippen LogP contribution in [0.3, 0.4) is 0 Å². The van der Waals surface area contributed by atoms with E-state index in [1.165, 1.54) is 0 Å². The van der Waals surface area contributed by atoms with Gasteiger partial charge in [-0.2, -0.15) is 0 Å². The van der Waals surface area contributed by atoms with E-state index in [1.54, 1.807) is 12.3 Å². The van der Waals surface area contributed by atoms with Gasteiger partial charge in [0.1, 0.15) is 0 Å². The van der Waals surface area contributed by atoms with Crippen LogP contribution in [-0.4, -0.2) is 10.9 Å². The second-order valence-electron chi connectivity index (χ2n) is 6.10. The highest BCUT2D eigenvalue weighted by Crippen LogP contribution is 2.31. The molecule has 2 heterocycles. The van der Waals surface area contributed by atoms with E-state index in [9.17, 15) is 4.79 Å². The number of fused-ring (bicyclic) bond motifs is 4. The summed E-state index contributed by atoms with van der Waals surface area (Å²) in [6.45, 7) is 1.93. The number of rotatable bonds is 0. The number of nitrogens with one attached hydrogen (secondary N) is 1. The highest BCUT2D eigenvalue weighted by atomic mass is 35.5. The molecule has 0 saturated carbocycles. The van der Waals surface area contributed by atoms with E-state index < -0.39 is 0 Å². The van der Waals surface area contributed by atoms with Crippen molar-refractivity contribution in [2.75, 3.05) is 5.32 Å². The van der Waals surface area contributed by atoms with Crippen molar-refractivity contribution >= 4 is 23.2 Å². The van der Waals surface area contributed by atoms with Gasteiger partial charge in [-0.15, -0.1) is 0 Å². The Morgan fingerprint density at radius 1 is 1.30 bits per heavy atom. The van der Waals surface area contributed by atoms with Crippen LogP contribution in [0.1, 0.15) is 37.8 Å². The highest BCUT2D eigenvalue weighted by molar-refractivity contribution is 6.31. The van der Waals surface area contributed by atoms with Crippen molar-refractivity contribution in [1.29, 1.82) is 0 Å². The van der Waals surface area contributed by atoms with Crippen molar-refractivity contribution in [3.8, 4) is 11.3 Å². The molecule has 2 atom stereocenters. The standard InChI is InChI=1S/C18H20ClN3O/c1-11-4-2-7-15(20)12-5-3-6-13(8-12)17-16(22-18(11)23)9-14(19)10-21-17/h3,5-6,8-11,15H,2,4,7,20H2,1H3,(H,22,23)/t11-,15+/m1/s1. The van der Waals surface area contributed by atoms with Gasteiger partial charge in [-0.1, -0.05) is 43.1 Å². The number of benzene rings is 1. The Bertz CT molecular complexity index is 732. The van der Waals surface area contributed by atoms with E-state index in [1.807, 2.05) is 31.2 Å². The summed E-state index contributed by atoms with van der Waals surface area (Å²) in [5.74, 6) is -0.0904. The number of amides is 1. The zero-order chi connectivity index (χ0) is 16.4. The SMILES string of the molecule is C[C@@H]1CCC[C@H](N)c2cccc(c2)-c2ncc(Cl)cc2NC1=O. The third kappa shape index (κ3) is 3.54. The summed E-state index contributed by atoms with van der Waals surface area (Å²) in [6, 6.07) is 9.74. The molecule has 0 saturated heterocycles. The summed E-state index contributed by atoms with van der Waals surface area (Å²) < 4.78 is 0. The Morgan fingerprint density at radius 2 is 2.13 bits per heavy atom. The lowest BCUT2D eigenvalue weighted by Crippen LogP contribution is -2.22. The van der Waals surface area contributed by atoms with Gasteiger partial charge < -0.3 is 11.1 Å². The van der Waals surface area contributed by atoms with Gasteiger partial charge in [0.05, 0.1) is 16.4 Å². The molecule has 3 rings (SSSR count). The molecule has 1 aromatic carbocycles. The number of halogens is 1. The lowest BCUT2D eigenvalue weighted by Gasteiger charge is -2.19. The van der Waals surface area contributed by atoms with Gasteiger partial charge in [-0.05, 0) is 30.5 Å². The van der Waals surface area contributed by atoms with Crippen molar-refractivity contribution in [2.24, 2.45) is 11.7 Å². The summed E-state index contributed by atoms with van der Waals surface area (Å²) in [4.78, 5) is 16.8. The van der Waals surface area contributed by atoms with Crippen molar-refractivity contribution in [2.45, 2.75) is 32.2 Å². The maximum atomic E-state index is 12.4. The van der Waals surface area contributed by atoms with Crippen molar-refractivity contribution < 1.29 is 4.79 Å². The molecule has 5 heteroatoms. The first-order valence-electron chi connectivity index (χ1n) is 7.87. The molecule has 4 nitrogen and oxygen atoms in total. The number of carbonyl (C=O) groups excluding carboxylic acids is 1. The first-order chi connectivity index (χ1) is 11.0. The van der Waals surface area contributed by atoms with E-state index in [4.69, 9.17) is 17.3 Å². The van der Waals surface area contributed by atoms with Crippen molar-refractivity contribution in [3.05, 3.63) is 47.1 Å². The smallest absolute Gasteiger partial charge is 0.227 e. The van der Waals surface area contributed by atoms with Gasteiger partial charge >= 0.3 is 0 Å².